The van der Waals surface area contributed by atoms with E-state index >= 15 is 0 Å². The number of thiophene rings is 1. The maximum absolute atomic E-state index is 13.3. The number of fused-ring (bicyclic) bond motifs is 1. The van der Waals surface area contributed by atoms with Crippen molar-refractivity contribution in [2.45, 2.75) is 36.2 Å². The van der Waals surface area contributed by atoms with Crippen LogP contribution in [0, 0.1) is 0 Å². The summed E-state index contributed by atoms with van der Waals surface area (Å²) in [6.45, 7) is 4.20. The van der Waals surface area contributed by atoms with Gasteiger partial charge in [-0.15, -0.1) is 17.9 Å². The number of hydrogen-bond donors (Lipinski definition) is 0. The molecule has 1 aliphatic rings. The molecule has 29 heavy (non-hydrogen) atoms. The van der Waals surface area contributed by atoms with Gasteiger partial charge in [-0.2, -0.15) is 4.98 Å². The minimum Gasteiger partial charge on any atom is -0.339 e. The number of aromatic nitrogens is 4. The van der Waals surface area contributed by atoms with Crippen molar-refractivity contribution in [3.8, 4) is 11.1 Å². The molecule has 5 rings (SSSR count). The molecule has 0 spiro atoms. The Morgan fingerprint density at radius 2 is 2.10 bits per heavy atom. The van der Waals surface area contributed by atoms with Gasteiger partial charge in [-0.1, -0.05) is 53.3 Å². The van der Waals surface area contributed by atoms with E-state index in [0.29, 0.717) is 34.6 Å². The molecule has 1 fully saturated rings. The monoisotopic (exact) mass is 422 g/mol. The van der Waals surface area contributed by atoms with E-state index in [1.807, 2.05) is 35.7 Å². The zero-order valence-corrected chi connectivity index (χ0v) is 17.2. The Morgan fingerprint density at radius 1 is 1.28 bits per heavy atom. The van der Waals surface area contributed by atoms with E-state index in [4.69, 9.17) is 9.51 Å². The molecule has 1 aromatic carbocycles. The maximum atomic E-state index is 13.3. The smallest absolute Gasteiger partial charge is 0.263 e. The van der Waals surface area contributed by atoms with Gasteiger partial charge >= 0.3 is 0 Å². The lowest BCUT2D eigenvalue weighted by atomic mass is 10.1. The van der Waals surface area contributed by atoms with Gasteiger partial charge in [-0.25, -0.2) is 4.98 Å². The zero-order chi connectivity index (χ0) is 19.8. The second kappa shape index (κ2) is 7.61. The van der Waals surface area contributed by atoms with E-state index in [1.165, 1.54) is 23.1 Å². The molecule has 4 aromatic rings. The van der Waals surface area contributed by atoms with Crippen molar-refractivity contribution >= 4 is 33.3 Å². The zero-order valence-electron chi connectivity index (χ0n) is 15.6. The van der Waals surface area contributed by atoms with Crippen molar-refractivity contribution in [3.05, 3.63) is 70.4 Å². The van der Waals surface area contributed by atoms with E-state index < -0.39 is 0 Å². The predicted molar refractivity (Wildman–Crippen MR) is 115 cm³/mol. The molecule has 8 heteroatoms. The Labute approximate surface area is 175 Å². The second-order valence-corrected chi connectivity index (χ2v) is 8.71. The van der Waals surface area contributed by atoms with Crippen molar-refractivity contribution in [2.24, 2.45) is 0 Å². The fraction of sp³-hybridized carbons (Fsp3) is 0.238. The van der Waals surface area contributed by atoms with Crippen LogP contribution in [0.25, 0.3) is 21.3 Å². The van der Waals surface area contributed by atoms with Gasteiger partial charge in [0.1, 0.15) is 4.83 Å². The van der Waals surface area contributed by atoms with E-state index in [0.717, 1.165) is 34.7 Å². The first-order valence-corrected chi connectivity index (χ1v) is 11.2. The van der Waals surface area contributed by atoms with Crippen molar-refractivity contribution in [1.82, 2.24) is 19.7 Å². The summed E-state index contributed by atoms with van der Waals surface area (Å²) in [7, 11) is 0. The van der Waals surface area contributed by atoms with Crippen LogP contribution < -0.4 is 5.56 Å². The van der Waals surface area contributed by atoms with Crippen molar-refractivity contribution in [3.63, 3.8) is 0 Å². The maximum Gasteiger partial charge on any atom is 0.263 e. The fourth-order valence-corrected chi connectivity index (χ4v) is 5.03. The van der Waals surface area contributed by atoms with Crippen LogP contribution >= 0.6 is 23.1 Å². The molecule has 1 saturated carbocycles. The van der Waals surface area contributed by atoms with Gasteiger partial charge in [-0.05, 0) is 18.4 Å². The van der Waals surface area contributed by atoms with Crippen LogP contribution in [0.1, 0.15) is 30.5 Å². The first kappa shape index (κ1) is 18.3. The van der Waals surface area contributed by atoms with Crippen molar-refractivity contribution in [1.29, 1.82) is 0 Å². The van der Waals surface area contributed by atoms with Crippen LogP contribution in [0.2, 0.25) is 0 Å². The number of benzene rings is 1. The number of rotatable bonds is 7. The molecule has 0 N–H and O–H groups in total. The van der Waals surface area contributed by atoms with Crippen molar-refractivity contribution in [2.75, 3.05) is 0 Å². The number of nitrogens with zero attached hydrogens (tertiary/aromatic N) is 4. The summed E-state index contributed by atoms with van der Waals surface area (Å²) in [5.74, 6) is 2.28. The first-order valence-electron chi connectivity index (χ1n) is 9.38. The lowest BCUT2D eigenvalue weighted by Gasteiger charge is -2.10. The van der Waals surface area contributed by atoms with Gasteiger partial charge in [0.05, 0.1) is 11.1 Å². The number of hydrogen-bond acceptors (Lipinski definition) is 7. The van der Waals surface area contributed by atoms with Crippen LogP contribution in [0.4, 0.5) is 0 Å². The van der Waals surface area contributed by atoms with E-state index in [9.17, 15) is 4.79 Å². The molecule has 3 heterocycles. The summed E-state index contributed by atoms with van der Waals surface area (Å²) in [6, 6.07) is 9.93. The molecular weight excluding hydrogens is 404 g/mol. The highest BCUT2D eigenvalue weighted by molar-refractivity contribution is 7.98. The van der Waals surface area contributed by atoms with Crippen LogP contribution in [0.5, 0.6) is 0 Å². The van der Waals surface area contributed by atoms with Gasteiger partial charge in [-0.3, -0.25) is 9.36 Å². The van der Waals surface area contributed by atoms with E-state index in [1.54, 1.807) is 10.6 Å². The Morgan fingerprint density at radius 3 is 2.86 bits per heavy atom. The highest BCUT2D eigenvalue weighted by atomic mass is 32.2. The lowest BCUT2D eigenvalue weighted by Crippen LogP contribution is -2.22. The minimum atomic E-state index is -0.0516. The minimum absolute atomic E-state index is 0.0516. The van der Waals surface area contributed by atoms with Gasteiger partial charge in [0.2, 0.25) is 5.89 Å². The number of allylic oxidation sites excluding steroid dienone is 1. The third-order valence-electron chi connectivity index (χ3n) is 4.80. The Balaban J connectivity index is 1.51. The molecule has 6 nitrogen and oxygen atoms in total. The third kappa shape index (κ3) is 3.54. The Hall–Kier alpha value is -2.71. The van der Waals surface area contributed by atoms with Gasteiger partial charge < -0.3 is 4.52 Å². The summed E-state index contributed by atoms with van der Waals surface area (Å²) < 4.78 is 6.99. The highest BCUT2D eigenvalue weighted by Crippen LogP contribution is 2.39. The second-order valence-electron chi connectivity index (χ2n) is 6.91. The van der Waals surface area contributed by atoms with E-state index in [-0.39, 0.29) is 5.56 Å². The SMILES string of the molecule is C=CCn1c(SCc2noc(C3CC3)n2)nc2scc(-c3ccccc3)c2c1=O. The largest absolute Gasteiger partial charge is 0.339 e. The molecule has 0 aliphatic heterocycles. The van der Waals surface area contributed by atoms with Crippen LogP contribution in [0.15, 0.2) is 62.8 Å². The molecule has 0 unspecified atom stereocenters. The summed E-state index contributed by atoms with van der Waals surface area (Å²) in [4.78, 5) is 23.3. The van der Waals surface area contributed by atoms with Crippen LogP contribution in [0.3, 0.4) is 0 Å². The molecule has 0 amide bonds. The van der Waals surface area contributed by atoms with Crippen molar-refractivity contribution < 1.29 is 4.52 Å². The van der Waals surface area contributed by atoms with Crippen LogP contribution in [-0.4, -0.2) is 19.7 Å². The summed E-state index contributed by atoms with van der Waals surface area (Å²) >= 11 is 2.93. The normalized spacial score (nSPS) is 13.8. The fourth-order valence-electron chi connectivity index (χ4n) is 3.19. The first-order chi connectivity index (χ1) is 14.2. The third-order valence-corrected chi connectivity index (χ3v) is 6.64. The standard InChI is InChI=1S/C21H18N4O2S2/c1-2-10-25-20(26)17-15(13-6-4-3-5-7-13)11-28-19(17)23-21(25)29-12-16-22-18(27-24-16)14-8-9-14/h2-7,11,14H,1,8-10,12H2. The van der Waals surface area contributed by atoms with Gasteiger partial charge in [0.25, 0.3) is 5.56 Å². The Bertz CT molecular complexity index is 1240. The quantitative estimate of drug-likeness (QED) is 0.240. The van der Waals surface area contributed by atoms with E-state index in [2.05, 4.69) is 16.7 Å². The lowest BCUT2D eigenvalue weighted by molar-refractivity contribution is 0.375. The molecule has 0 saturated heterocycles. The molecule has 3 aromatic heterocycles. The molecule has 1 aliphatic carbocycles. The summed E-state index contributed by atoms with van der Waals surface area (Å²) in [5, 5.41) is 7.36. The summed E-state index contributed by atoms with van der Waals surface area (Å²) in [6.07, 6.45) is 3.95. The van der Waals surface area contributed by atoms with Crippen LogP contribution in [-0.2, 0) is 12.3 Å². The molecule has 0 atom stereocenters. The molecule has 146 valence electrons. The van der Waals surface area contributed by atoms with Gasteiger partial charge in [0, 0.05) is 23.4 Å². The number of thioether (sulfide) groups is 1. The highest BCUT2D eigenvalue weighted by Gasteiger charge is 2.29. The average molecular weight is 423 g/mol. The molecule has 0 radical (unpaired) electrons. The topological polar surface area (TPSA) is 73.8 Å². The molecular formula is C21H18N4O2S2. The average Bonchev–Trinajstić information content (AvgIpc) is 3.33. The Kier molecular flexibility index (Phi) is 4.81. The molecule has 0 bridgehead atoms. The van der Waals surface area contributed by atoms with Gasteiger partial charge in [0.15, 0.2) is 11.0 Å². The summed E-state index contributed by atoms with van der Waals surface area (Å²) in [5.41, 5.74) is 1.89. The predicted octanol–water partition coefficient (Wildman–Crippen LogP) is 4.86.